The second-order valence-corrected chi connectivity index (χ2v) is 17.2. The number of nitrogens with zero attached hydrogens (tertiary/aromatic N) is 3. The highest BCUT2D eigenvalue weighted by Gasteiger charge is 2.37. The SMILES string of the molecule is CC1(C)c2ccccc2-c2c(-c3nc(-c4cc(-c5ccccc5)cc(-c5ccccc5)c4)nc(-c4ccc5c(c4)oc4cccc(-c6cccc(-c7ccccc7)c6)c45)n3)cccc21. The summed E-state index contributed by atoms with van der Waals surface area (Å²) in [5, 5.41) is 2.12. The second kappa shape index (κ2) is 15.0. The van der Waals surface area contributed by atoms with Crippen molar-refractivity contribution in [2.24, 2.45) is 0 Å². The van der Waals surface area contributed by atoms with Crippen LogP contribution in [0.15, 0.2) is 217 Å². The fourth-order valence-corrected chi connectivity index (χ4v) is 9.75. The first-order valence-corrected chi connectivity index (χ1v) is 21.8. The smallest absolute Gasteiger partial charge is 0.164 e. The van der Waals surface area contributed by atoms with E-state index in [1.165, 1.54) is 33.4 Å². The summed E-state index contributed by atoms with van der Waals surface area (Å²) in [6.45, 7) is 4.61. The van der Waals surface area contributed by atoms with Crippen molar-refractivity contribution in [3.05, 3.63) is 223 Å². The molecule has 0 saturated heterocycles. The first kappa shape index (κ1) is 37.5. The molecular weight excluding hydrogens is 779 g/mol. The van der Waals surface area contributed by atoms with Crippen LogP contribution in [-0.4, -0.2) is 15.0 Å². The average molecular weight is 820 g/mol. The van der Waals surface area contributed by atoms with Crippen LogP contribution in [-0.2, 0) is 5.41 Å². The zero-order chi connectivity index (χ0) is 42.8. The lowest BCUT2D eigenvalue weighted by Crippen LogP contribution is -2.14. The van der Waals surface area contributed by atoms with E-state index in [4.69, 9.17) is 19.4 Å². The van der Waals surface area contributed by atoms with Crippen LogP contribution in [0, 0.1) is 0 Å². The molecule has 0 bridgehead atoms. The number of aromatic nitrogens is 3. The van der Waals surface area contributed by atoms with E-state index in [0.717, 1.165) is 72.0 Å². The van der Waals surface area contributed by atoms with Gasteiger partial charge in [-0.1, -0.05) is 184 Å². The molecule has 12 rings (SSSR count). The molecule has 2 aromatic heterocycles. The summed E-state index contributed by atoms with van der Waals surface area (Å²) in [6.07, 6.45) is 0. The van der Waals surface area contributed by atoms with E-state index in [0.29, 0.717) is 17.5 Å². The Kier molecular flexibility index (Phi) is 8.80. The molecule has 4 nitrogen and oxygen atoms in total. The van der Waals surface area contributed by atoms with Crippen LogP contribution in [0.5, 0.6) is 0 Å². The van der Waals surface area contributed by atoms with Gasteiger partial charge in [0.25, 0.3) is 0 Å². The van der Waals surface area contributed by atoms with Crippen molar-refractivity contribution >= 4 is 21.9 Å². The van der Waals surface area contributed by atoms with Gasteiger partial charge in [0.2, 0.25) is 0 Å². The minimum Gasteiger partial charge on any atom is -0.456 e. The quantitative estimate of drug-likeness (QED) is 0.161. The van der Waals surface area contributed by atoms with Gasteiger partial charge in [0.05, 0.1) is 0 Å². The van der Waals surface area contributed by atoms with Gasteiger partial charge in [0.15, 0.2) is 17.5 Å². The second-order valence-electron chi connectivity index (χ2n) is 17.2. The van der Waals surface area contributed by atoms with Gasteiger partial charge < -0.3 is 4.42 Å². The predicted molar refractivity (Wildman–Crippen MR) is 263 cm³/mol. The van der Waals surface area contributed by atoms with Crippen LogP contribution in [0.3, 0.4) is 0 Å². The van der Waals surface area contributed by atoms with Crippen molar-refractivity contribution in [3.8, 4) is 89.8 Å². The molecule has 4 heteroatoms. The molecule has 11 aromatic rings. The van der Waals surface area contributed by atoms with Crippen LogP contribution in [0.2, 0.25) is 0 Å². The number of hydrogen-bond donors (Lipinski definition) is 0. The van der Waals surface area contributed by atoms with Crippen molar-refractivity contribution in [1.82, 2.24) is 15.0 Å². The van der Waals surface area contributed by atoms with Gasteiger partial charge in [-0.05, 0) is 109 Å². The molecule has 2 heterocycles. The van der Waals surface area contributed by atoms with E-state index in [9.17, 15) is 0 Å². The highest BCUT2D eigenvalue weighted by Crippen LogP contribution is 2.52. The molecule has 0 N–H and O–H groups in total. The Morgan fingerprint density at radius 1 is 0.328 bits per heavy atom. The molecule has 64 heavy (non-hydrogen) atoms. The first-order valence-electron chi connectivity index (χ1n) is 21.8. The minimum absolute atomic E-state index is 0.177. The molecule has 0 atom stereocenters. The van der Waals surface area contributed by atoms with Crippen molar-refractivity contribution in [1.29, 1.82) is 0 Å². The Hall–Kier alpha value is -8.21. The standard InChI is InChI=1S/C60H41N3O/c1-60(2)51-28-13-12-25-48(51)55-50(27-15-29-52(55)60)59-62-57(61-58(63-59)46-35-44(39-19-8-4-9-20-39)34-45(36-46)40-21-10-5-11-22-40)43-31-32-49-54(37-43)64-53-30-16-26-47(56(49)53)42-24-14-23-41(33-42)38-17-6-3-7-18-38/h3-37H,1-2H3. The fourth-order valence-electron chi connectivity index (χ4n) is 9.75. The summed E-state index contributed by atoms with van der Waals surface area (Å²) >= 11 is 0. The Bertz CT molecular complexity index is 3510. The van der Waals surface area contributed by atoms with Crippen LogP contribution < -0.4 is 0 Å². The maximum Gasteiger partial charge on any atom is 0.164 e. The molecule has 9 aromatic carbocycles. The molecule has 0 fully saturated rings. The Labute approximate surface area is 372 Å². The summed E-state index contributed by atoms with van der Waals surface area (Å²) in [5.74, 6) is 1.80. The van der Waals surface area contributed by atoms with E-state index in [-0.39, 0.29) is 5.41 Å². The van der Waals surface area contributed by atoms with Crippen LogP contribution in [0.4, 0.5) is 0 Å². The van der Waals surface area contributed by atoms with Crippen LogP contribution in [0.25, 0.3) is 112 Å². The van der Waals surface area contributed by atoms with Crippen molar-refractivity contribution in [2.75, 3.05) is 0 Å². The van der Waals surface area contributed by atoms with Gasteiger partial charge in [-0.15, -0.1) is 0 Å². The third kappa shape index (κ3) is 6.34. The molecule has 0 amide bonds. The van der Waals surface area contributed by atoms with Crippen molar-refractivity contribution in [2.45, 2.75) is 19.3 Å². The van der Waals surface area contributed by atoms with Gasteiger partial charge in [0.1, 0.15) is 11.2 Å². The molecule has 0 spiro atoms. The van der Waals surface area contributed by atoms with Gasteiger partial charge in [-0.3, -0.25) is 0 Å². The highest BCUT2D eigenvalue weighted by molar-refractivity contribution is 6.13. The van der Waals surface area contributed by atoms with Gasteiger partial charge in [-0.25, -0.2) is 15.0 Å². The lowest BCUT2D eigenvalue weighted by molar-refractivity contribution is 0.660. The summed E-state index contributed by atoms with van der Waals surface area (Å²) in [7, 11) is 0. The predicted octanol–water partition coefficient (Wildman–Crippen LogP) is 15.7. The van der Waals surface area contributed by atoms with Crippen LogP contribution in [0.1, 0.15) is 25.0 Å². The van der Waals surface area contributed by atoms with E-state index in [1.54, 1.807) is 0 Å². The summed E-state index contributed by atoms with van der Waals surface area (Å²) in [4.78, 5) is 16.1. The Balaban J connectivity index is 1.06. The monoisotopic (exact) mass is 819 g/mol. The molecule has 0 radical (unpaired) electrons. The third-order valence-electron chi connectivity index (χ3n) is 12.9. The Morgan fingerprint density at radius 2 is 0.828 bits per heavy atom. The van der Waals surface area contributed by atoms with Crippen molar-refractivity contribution in [3.63, 3.8) is 0 Å². The minimum atomic E-state index is -0.177. The number of fused-ring (bicyclic) bond motifs is 6. The largest absolute Gasteiger partial charge is 0.456 e. The van der Waals surface area contributed by atoms with E-state index >= 15 is 0 Å². The molecule has 1 aliphatic rings. The zero-order valence-electron chi connectivity index (χ0n) is 35.5. The molecular formula is C60H41N3O. The maximum atomic E-state index is 6.70. The summed E-state index contributed by atoms with van der Waals surface area (Å²) in [6, 6.07) is 74.9. The normalized spacial score (nSPS) is 12.7. The number of furan rings is 1. The zero-order valence-corrected chi connectivity index (χ0v) is 35.5. The van der Waals surface area contributed by atoms with Gasteiger partial charge in [-0.2, -0.15) is 0 Å². The van der Waals surface area contributed by atoms with E-state index in [2.05, 4.69) is 226 Å². The molecule has 0 saturated carbocycles. The molecule has 0 unspecified atom stereocenters. The average Bonchev–Trinajstić information content (AvgIpc) is 3.86. The highest BCUT2D eigenvalue weighted by atomic mass is 16.3. The Morgan fingerprint density at radius 3 is 1.55 bits per heavy atom. The number of benzene rings is 9. The molecule has 0 aliphatic heterocycles. The molecule has 1 aliphatic carbocycles. The third-order valence-corrected chi connectivity index (χ3v) is 12.9. The maximum absolute atomic E-state index is 6.70. The van der Waals surface area contributed by atoms with E-state index in [1.807, 2.05) is 0 Å². The summed E-state index contributed by atoms with van der Waals surface area (Å²) < 4.78 is 6.70. The molecule has 302 valence electrons. The summed E-state index contributed by atoms with van der Waals surface area (Å²) in [5.41, 5.74) is 18.2. The lowest BCUT2D eigenvalue weighted by Gasteiger charge is -2.21. The van der Waals surface area contributed by atoms with Crippen molar-refractivity contribution < 1.29 is 4.42 Å². The fraction of sp³-hybridized carbons (Fsp3) is 0.0500. The van der Waals surface area contributed by atoms with Gasteiger partial charge >= 0.3 is 0 Å². The number of hydrogen-bond acceptors (Lipinski definition) is 4. The first-order chi connectivity index (χ1) is 31.5. The lowest BCUT2D eigenvalue weighted by atomic mass is 9.82. The van der Waals surface area contributed by atoms with E-state index < -0.39 is 0 Å². The topological polar surface area (TPSA) is 51.8 Å². The van der Waals surface area contributed by atoms with Crippen LogP contribution >= 0.6 is 0 Å². The number of rotatable bonds is 7. The van der Waals surface area contributed by atoms with Gasteiger partial charge in [0, 0.05) is 32.9 Å².